The van der Waals surface area contributed by atoms with Crippen LogP contribution in [0.5, 0.6) is 5.75 Å². The van der Waals surface area contributed by atoms with Gasteiger partial charge in [-0.25, -0.2) is 0 Å². The lowest BCUT2D eigenvalue weighted by Crippen LogP contribution is -2.21. The van der Waals surface area contributed by atoms with Crippen molar-refractivity contribution < 1.29 is 9.84 Å². The molecule has 116 valence electrons. The fraction of sp³-hybridized carbons (Fsp3) is 0.533. The molecular formula is C15H23N3O2S. The normalized spacial score (nSPS) is 12.9. The van der Waals surface area contributed by atoms with Crippen LogP contribution in [-0.2, 0) is 13.0 Å². The van der Waals surface area contributed by atoms with Gasteiger partial charge in [-0.1, -0.05) is 6.92 Å². The molecule has 2 aromatic heterocycles. The van der Waals surface area contributed by atoms with Crippen molar-refractivity contribution in [1.29, 1.82) is 0 Å². The van der Waals surface area contributed by atoms with Crippen molar-refractivity contribution in [2.45, 2.75) is 26.0 Å². The van der Waals surface area contributed by atoms with Crippen LogP contribution in [0.25, 0.3) is 0 Å². The molecule has 1 N–H and O–H groups in total. The molecule has 0 aromatic carbocycles. The summed E-state index contributed by atoms with van der Waals surface area (Å²) in [7, 11) is 5.64. The number of methoxy groups -OCH3 is 1. The first-order valence-corrected chi connectivity index (χ1v) is 7.89. The lowest BCUT2D eigenvalue weighted by atomic mass is 10.2. The van der Waals surface area contributed by atoms with Crippen molar-refractivity contribution in [2.75, 3.05) is 27.7 Å². The number of aromatic nitrogens is 2. The molecule has 0 amide bonds. The molecule has 0 radical (unpaired) electrons. The second-order valence-corrected chi connectivity index (χ2v) is 6.38. The SMILES string of the molecule is CCc1ccc(C(O)c2c(OC)cnn2CCN(C)C)s1. The van der Waals surface area contributed by atoms with Crippen molar-refractivity contribution in [2.24, 2.45) is 0 Å². The van der Waals surface area contributed by atoms with Gasteiger partial charge in [0.2, 0.25) is 0 Å². The fourth-order valence-corrected chi connectivity index (χ4v) is 3.09. The van der Waals surface area contributed by atoms with Crippen LogP contribution in [0.15, 0.2) is 18.3 Å². The topological polar surface area (TPSA) is 50.5 Å². The van der Waals surface area contributed by atoms with E-state index < -0.39 is 6.10 Å². The molecule has 0 saturated carbocycles. The maximum Gasteiger partial charge on any atom is 0.163 e. The van der Waals surface area contributed by atoms with Gasteiger partial charge in [0, 0.05) is 16.3 Å². The number of nitrogens with zero attached hydrogens (tertiary/aromatic N) is 3. The van der Waals surface area contributed by atoms with Crippen LogP contribution in [0.3, 0.4) is 0 Å². The van der Waals surface area contributed by atoms with E-state index >= 15 is 0 Å². The molecule has 0 bridgehead atoms. The first kappa shape index (κ1) is 16.0. The molecule has 21 heavy (non-hydrogen) atoms. The van der Waals surface area contributed by atoms with E-state index in [1.165, 1.54) is 4.88 Å². The third-order valence-corrected chi connectivity index (χ3v) is 4.67. The van der Waals surface area contributed by atoms with Crippen LogP contribution in [0.2, 0.25) is 0 Å². The smallest absolute Gasteiger partial charge is 0.163 e. The van der Waals surface area contributed by atoms with Gasteiger partial charge in [0.15, 0.2) is 5.75 Å². The Morgan fingerprint density at radius 1 is 1.43 bits per heavy atom. The second-order valence-electron chi connectivity index (χ2n) is 5.18. The Labute approximate surface area is 129 Å². The van der Waals surface area contributed by atoms with E-state index in [4.69, 9.17) is 4.74 Å². The average Bonchev–Trinajstić information content (AvgIpc) is 3.10. The van der Waals surface area contributed by atoms with E-state index in [1.54, 1.807) is 24.6 Å². The molecule has 2 rings (SSSR count). The molecule has 0 aliphatic heterocycles. The maximum atomic E-state index is 10.7. The first-order chi connectivity index (χ1) is 10.1. The highest BCUT2D eigenvalue weighted by Crippen LogP contribution is 2.33. The maximum absolute atomic E-state index is 10.7. The monoisotopic (exact) mass is 309 g/mol. The predicted octanol–water partition coefficient (Wildman–Crippen LogP) is 2.16. The minimum Gasteiger partial charge on any atom is -0.493 e. The number of thiophene rings is 1. The number of aryl methyl sites for hydroxylation is 1. The molecule has 0 fully saturated rings. The lowest BCUT2D eigenvalue weighted by molar-refractivity contribution is 0.203. The van der Waals surface area contributed by atoms with Gasteiger partial charge < -0.3 is 14.7 Å². The summed E-state index contributed by atoms with van der Waals surface area (Å²) < 4.78 is 7.18. The zero-order valence-corrected chi connectivity index (χ0v) is 13.9. The first-order valence-electron chi connectivity index (χ1n) is 7.07. The zero-order valence-electron chi connectivity index (χ0n) is 13.0. The van der Waals surface area contributed by atoms with Gasteiger partial charge in [0.1, 0.15) is 11.8 Å². The summed E-state index contributed by atoms with van der Waals surface area (Å²) in [6.07, 6.45) is 1.95. The number of hydrogen-bond acceptors (Lipinski definition) is 5. The van der Waals surface area contributed by atoms with Crippen molar-refractivity contribution >= 4 is 11.3 Å². The Kier molecular flexibility index (Phi) is 5.39. The summed E-state index contributed by atoms with van der Waals surface area (Å²) in [5.74, 6) is 0.632. The standard InChI is InChI=1S/C15H23N3O2S/c1-5-11-6-7-13(21-11)15(19)14-12(20-4)10-16-18(14)9-8-17(2)3/h6-7,10,15,19H,5,8-9H2,1-4H3. The third-order valence-electron chi connectivity index (χ3n) is 3.38. The van der Waals surface area contributed by atoms with Crippen molar-refractivity contribution in [3.05, 3.63) is 33.8 Å². The third kappa shape index (κ3) is 3.64. The fourth-order valence-electron chi connectivity index (χ4n) is 2.15. The van der Waals surface area contributed by atoms with Crippen LogP contribution < -0.4 is 4.74 Å². The van der Waals surface area contributed by atoms with Gasteiger partial charge in [0.05, 0.1) is 19.9 Å². The van der Waals surface area contributed by atoms with E-state index in [9.17, 15) is 5.11 Å². The van der Waals surface area contributed by atoms with Crippen molar-refractivity contribution in [1.82, 2.24) is 14.7 Å². The van der Waals surface area contributed by atoms with Crippen LogP contribution in [0.4, 0.5) is 0 Å². The number of rotatable bonds is 7. The Morgan fingerprint density at radius 2 is 2.19 bits per heavy atom. The van der Waals surface area contributed by atoms with E-state index in [-0.39, 0.29) is 0 Å². The highest BCUT2D eigenvalue weighted by atomic mass is 32.1. The highest BCUT2D eigenvalue weighted by Gasteiger charge is 2.23. The molecule has 5 nitrogen and oxygen atoms in total. The second kappa shape index (κ2) is 7.06. The molecule has 1 unspecified atom stereocenters. The molecule has 1 atom stereocenters. The molecule has 0 spiro atoms. The summed E-state index contributed by atoms with van der Waals surface area (Å²) in [5, 5.41) is 15.0. The summed E-state index contributed by atoms with van der Waals surface area (Å²) >= 11 is 1.63. The lowest BCUT2D eigenvalue weighted by Gasteiger charge is -2.15. The van der Waals surface area contributed by atoms with E-state index in [0.717, 1.165) is 30.1 Å². The van der Waals surface area contributed by atoms with E-state index in [1.807, 2.05) is 24.8 Å². The number of likely N-dealkylation sites (N-methyl/N-ethyl adjacent to an activating group) is 1. The number of aliphatic hydroxyl groups is 1. The quantitative estimate of drug-likeness (QED) is 0.851. The summed E-state index contributed by atoms with van der Waals surface area (Å²) in [6, 6.07) is 4.05. The zero-order chi connectivity index (χ0) is 15.4. The van der Waals surface area contributed by atoms with Crippen LogP contribution in [0.1, 0.15) is 28.5 Å². The van der Waals surface area contributed by atoms with Gasteiger partial charge in [-0.05, 0) is 32.6 Å². The Bertz CT molecular complexity index is 577. The average molecular weight is 309 g/mol. The molecule has 2 aromatic rings. The summed E-state index contributed by atoms with van der Waals surface area (Å²) in [5.41, 5.74) is 0.726. The predicted molar refractivity (Wildman–Crippen MR) is 85.1 cm³/mol. The van der Waals surface area contributed by atoms with E-state index in [0.29, 0.717) is 5.75 Å². The van der Waals surface area contributed by atoms with E-state index in [2.05, 4.69) is 23.0 Å². The largest absolute Gasteiger partial charge is 0.493 e. The Morgan fingerprint density at radius 3 is 2.76 bits per heavy atom. The van der Waals surface area contributed by atoms with Gasteiger partial charge >= 0.3 is 0 Å². The van der Waals surface area contributed by atoms with Gasteiger partial charge in [0.25, 0.3) is 0 Å². The molecule has 0 aliphatic carbocycles. The number of ether oxygens (including phenoxy) is 1. The minimum atomic E-state index is -0.699. The molecule has 6 heteroatoms. The highest BCUT2D eigenvalue weighted by molar-refractivity contribution is 7.12. The van der Waals surface area contributed by atoms with Crippen LogP contribution >= 0.6 is 11.3 Å². The Balaban J connectivity index is 2.29. The number of hydrogen-bond donors (Lipinski definition) is 1. The van der Waals surface area contributed by atoms with Gasteiger partial charge in [-0.2, -0.15) is 5.10 Å². The summed E-state index contributed by atoms with van der Waals surface area (Å²) in [4.78, 5) is 4.28. The van der Waals surface area contributed by atoms with Crippen molar-refractivity contribution in [3.63, 3.8) is 0 Å². The number of aliphatic hydroxyl groups excluding tert-OH is 1. The summed E-state index contributed by atoms with van der Waals surface area (Å²) in [6.45, 7) is 3.69. The van der Waals surface area contributed by atoms with Crippen LogP contribution in [0, 0.1) is 0 Å². The van der Waals surface area contributed by atoms with Gasteiger partial charge in [-0.15, -0.1) is 11.3 Å². The minimum absolute atomic E-state index is 0.632. The van der Waals surface area contributed by atoms with Crippen LogP contribution in [-0.4, -0.2) is 47.5 Å². The Hall–Kier alpha value is -1.37. The molecule has 2 heterocycles. The van der Waals surface area contributed by atoms with Gasteiger partial charge in [-0.3, -0.25) is 4.68 Å². The molecule has 0 saturated heterocycles. The molecular weight excluding hydrogens is 286 g/mol. The molecule has 0 aliphatic rings. The van der Waals surface area contributed by atoms with Crippen molar-refractivity contribution in [3.8, 4) is 5.75 Å².